The molecule has 0 saturated heterocycles. The number of carbonyl (C=O) groups excluding carboxylic acids is 1. The number of amides is 2. The maximum Gasteiger partial charge on any atom is 0.315 e. The van der Waals surface area contributed by atoms with Gasteiger partial charge in [-0.3, -0.25) is 0 Å². The highest BCUT2D eigenvalue weighted by atomic mass is 35.5. The molecule has 2 amide bonds. The van der Waals surface area contributed by atoms with Crippen molar-refractivity contribution in [3.05, 3.63) is 33.8 Å². The van der Waals surface area contributed by atoms with Crippen LogP contribution in [0.4, 0.5) is 4.79 Å². The predicted octanol–water partition coefficient (Wildman–Crippen LogP) is 2.67. The van der Waals surface area contributed by atoms with Gasteiger partial charge in [-0.25, -0.2) is 4.79 Å². The molecule has 1 aromatic rings. The van der Waals surface area contributed by atoms with Crippen LogP contribution in [-0.2, 0) is 0 Å². The Bertz CT molecular complexity index is 498. The van der Waals surface area contributed by atoms with E-state index in [1.807, 2.05) is 21.0 Å². The van der Waals surface area contributed by atoms with Crippen molar-refractivity contribution in [3.63, 3.8) is 0 Å². The van der Waals surface area contributed by atoms with E-state index in [0.29, 0.717) is 15.6 Å². The lowest BCUT2D eigenvalue weighted by molar-refractivity contribution is 0.172. The standard InChI is InChI=1S/C15H23Cl2N3O2/c1-10(6-7-20(2)3)19-15(22)18-9-14(21)12-5-4-11(16)8-13(12)17/h4-5,8,10,14,21H,6-7,9H2,1-3H3,(H2,18,19,22). The molecular weight excluding hydrogens is 325 g/mol. The molecule has 2 unspecified atom stereocenters. The minimum absolute atomic E-state index is 0.0543. The van der Waals surface area contributed by atoms with Crippen molar-refractivity contribution in [2.75, 3.05) is 27.2 Å². The normalized spacial score (nSPS) is 13.8. The first kappa shape index (κ1) is 19.0. The van der Waals surface area contributed by atoms with Crippen LogP contribution in [0.15, 0.2) is 18.2 Å². The van der Waals surface area contributed by atoms with Gasteiger partial charge in [0.15, 0.2) is 0 Å². The van der Waals surface area contributed by atoms with Gasteiger partial charge in [-0.15, -0.1) is 0 Å². The fourth-order valence-electron chi connectivity index (χ4n) is 1.87. The zero-order chi connectivity index (χ0) is 16.7. The van der Waals surface area contributed by atoms with E-state index in [9.17, 15) is 9.90 Å². The molecule has 0 aliphatic heterocycles. The molecule has 0 bridgehead atoms. The molecule has 3 N–H and O–H groups in total. The molecular formula is C15H23Cl2N3O2. The lowest BCUT2D eigenvalue weighted by atomic mass is 10.1. The molecule has 1 aromatic carbocycles. The van der Waals surface area contributed by atoms with E-state index in [2.05, 4.69) is 15.5 Å². The highest BCUT2D eigenvalue weighted by molar-refractivity contribution is 6.35. The van der Waals surface area contributed by atoms with Gasteiger partial charge in [0.25, 0.3) is 0 Å². The largest absolute Gasteiger partial charge is 0.387 e. The van der Waals surface area contributed by atoms with Crippen LogP contribution in [-0.4, -0.2) is 49.3 Å². The Balaban J connectivity index is 2.40. The molecule has 2 atom stereocenters. The number of benzene rings is 1. The van der Waals surface area contributed by atoms with E-state index >= 15 is 0 Å². The van der Waals surface area contributed by atoms with Crippen LogP contribution in [0.2, 0.25) is 10.0 Å². The van der Waals surface area contributed by atoms with Gasteiger partial charge in [-0.1, -0.05) is 29.3 Å². The van der Waals surface area contributed by atoms with Gasteiger partial charge in [0.05, 0.1) is 6.10 Å². The summed E-state index contributed by atoms with van der Waals surface area (Å²) < 4.78 is 0. The Kier molecular flexibility index (Phi) is 7.96. The molecule has 5 nitrogen and oxygen atoms in total. The molecule has 0 aliphatic carbocycles. The van der Waals surface area contributed by atoms with E-state index in [1.165, 1.54) is 0 Å². The van der Waals surface area contributed by atoms with Crippen molar-refractivity contribution in [2.45, 2.75) is 25.5 Å². The summed E-state index contributed by atoms with van der Waals surface area (Å²) >= 11 is 11.8. The average molecular weight is 348 g/mol. The number of carbonyl (C=O) groups is 1. The summed E-state index contributed by atoms with van der Waals surface area (Å²) in [4.78, 5) is 13.8. The number of aliphatic hydroxyl groups excluding tert-OH is 1. The molecule has 0 aliphatic rings. The van der Waals surface area contributed by atoms with E-state index in [0.717, 1.165) is 13.0 Å². The number of nitrogens with one attached hydrogen (secondary N) is 2. The van der Waals surface area contributed by atoms with Crippen LogP contribution < -0.4 is 10.6 Å². The Morgan fingerprint density at radius 1 is 1.36 bits per heavy atom. The average Bonchev–Trinajstić information content (AvgIpc) is 2.42. The van der Waals surface area contributed by atoms with E-state index < -0.39 is 6.10 Å². The number of aliphatic hydroxyl groups is 1. The van der Waals surface area contributed by atoms with Gasteiger partial charge in [0.2, 0.25) is 0 Å². The number of nitrogens with zero attached hydrogens (tertiary/aromatic N) is 1. The molecule has 0 saturated carbocycles. The Morgan fingerprint density at radius 2 is 2.05 bits per heavy atom. The predicted molar refractivity (Wildman–Crippen MR) is 90.6 cm³/mol. The SMILES string of the molecule is CC(CCN(C)C)NC(=O)NCC(O)c1ccc(Cl)cc1Cl. The van der Waals surface area contributed by atoms with E-state index in [1.54, 1.807) is 18.2 Å². The summed E-state index contributed by atoms with van der Waals surface area (Å²) in [6.45, 7) is 2.91. The van der Waals surface area contributed by atoms with Crippen molar-refractivity contribution in [1.29, 1.82) is 0 Å². The third-order valence-electron chi connectivity index (χ3n) is 3.16. The van der Waals surface area contributed by atoms with Gasteiger partial charge in [-0.05, 0) is 46.1 Å². The quantitative estimate of drug-likeness (QED) is 0.710. The summed E-state index contributed by atoms with van der Waals surface area (Å²) in [5, 5.41) is 16.4. The summed E-state index contributed by atoms with van der Waals surface area (Å²) in [7, 11) is 3.97. The number of hydrogen-bond donors (Lipinski definition) is 3. The maximum atomic E-state index is 11.8. The summed E-state index contributed by atoms with van der Waals surface area (Å²) in [5.41, 5.74) is 0.534. The van der Waals surface area contributed by atoms with Crippen molar-refractivity contribution < 1.29 is 9.90 Å². The van der Waals surface area contributed by atoms with Crippen LogP contribution in [0.25, 0.3) is 0 Å². The van der Waals surface area contributed by atoms with Crippen LogP contribution in [0, 0.1) is 0 Å². The van der Waals surface area contributed by atoms with Crippen LogP contribution in [0.5, 0.6) is 0 Å². The summed E-state index contributed by atoms with van der Waals surface area (Å²) in [6, 6.07) is 4.60. The van der Waals surface area contributed by atoms with Gasteiger partial charge in [0, 0.05) is 28.2 Å². The Labute approximate surface area is 141 Å². The minimum Gasteiger partial charge on any atom is -0.387 e. The van der Waals surface area contributed by atoms with Crippen LogP contribution >= 0.6 is 23.2 Å². The van der Waals surface area contributed by atoms with Crippen molar-refractivity contribution in [3.8, 4) is 0 Å². The summed E-state index contributed by atoms with van der Waals surface area (Å²) in [6.07, 6.45) is -0.0287. The number of rotatable bonds is 7. The highest BCUT2D eigenvalue weighted by Gasteiger charge is 2.14. The smallest absolute Gasteiger partial charge is 0.315 e. The van der Waals surface area contributed by atoms with Crippen molar-refractivity contribution >= 4 is 29.2 Å². The minimum atomic E-state index is -0.882. The number of urea groups is 1. The molecule has 124 valence electrons. The second kappa shape index (κ2) is 9.20. The third kappa shape index (κ3) is 6.83. The zero-order valence-electron chi connectivity index (χ0n) is 13.1. The van der Waals surface area contributed by atoms with Crippen molar-refractivity contribution in [1.82, 2.24) is 15.5 Å². The van der Waals surface area contributed by atoms with Gasteiger partial charge >= 0.3 is 6.03 Å². The molecule has 22 heavy (non-hydrogen) atoms. The third-order valence-corrected chi connectivity index (χ3v) is 3.73. The van der Waals surface area contributed by atoms with E-state index in [4.69, 9.17) is 23.2 Å². The second-order valence-electron chi connectivity index (χ2n) is 5.53. The number of hydrogen-bond acceptors (Lipinski definition) is 3. The Hall–Kier alpha value is -1.01. The summed E-state index contributed by atoms with van der Waals surface area (Å²) in [5.74, 6) is 0. The van der Waals surface area contributed by atoms with Gasteiger partial charge in [-0.2, -0.15) is 0 Å². The molecule has 0 fully saturated rings. The molecule has 1 rings (SSSR count). The fraction of sp³-hybridized carbons (Fsp3) is 0.533. The van der Waals surface area contributed by atoms with Crippen LogP contribution in [0.3, 0.4) is 0 Å². The van der Waals surface area contributed by atoms with Gasteiger partial charge in [0.1, 0.15) is 0 Å². The monoisotopic (exact) mass is 347 g/mol. The van der Waals surface area contributed by atoms with Gasteiger partial charge < -0.3 is 20.6 Å². The first-order valence-electron chi connectivity index (χ1n) is 7.11. The maximum absolute atomic E-state index is 11.8. The Morgan fingerprint density at radius 3 is 2.64 bits per heavy atom. The first-order chi connectivity index (χ1) is 10.3. The molecule has 0 aromatic heterocycles. The number of halogens is 2. The highest BCUT2D eigenvalue weighted by Crippen LogP contribution is 2.25. The fourth-order valence-corrected chi connectivity index (χ4v) is 2.40. The van der Waals surface area contributed by atoms with Crippen molar-refractivity contribution in [2.24, 2.45) is 0 Å². The second-order valence-corrected chi connectivity index (χ2v) is 6.37. The lowest BCUT2D eigenvalue weighted by Gasteiger charge is -2.18. The molecule has 0 radical (unpaired) electrons. The lowest BCUT2D eigenvalue weighted by Crippen LogP contribution is -2.43. The van der Waals surface area contributed by atoms with E-state index in [-0.39, 0.29) is 18.6 Å². The topological polar surface area (TPSA) is 64.6 Å². The first-order valence-corrected chi connectivity index (χ1v) is 7.87. The molecule has 7 heteroatoms. The zero-order valence-corrected chi connectivity index (χ0v) is 14.6. The molecule has 0 heterocycles. The van der Waals surface area contributed by atoms with Crippen LogP contribution in [0.1, 0.15) is 25.0 Å². The molecule has 0 spiro atoms.